The van der Waals surface area contributed by atoms with E-state index in [1.54, 1.807) is 49.4 Å². The zero-order valence-electron chi connectivity index (χ0n) is 26.8. The molecule has 1 atom stereocenters. The highest BCUT2D eigenvalue weighted by Crippen LogP contribution is 2.45. The molecule has 0 saturated carbocycles. The van der Waals surface area contributed by atoms with Crippen molar-refractivity contribution in [1.82, 2.24) is 4.98 Å². The summed E-state index contributed by atoms with van der Waals surface area (Å²) in [7, 11) is 1.50. The number of aliphatic hydroxyl groups excluding tert-OH is 1. The van der Waals surface area contributed by atoms with Gasteiger partial charge in [0, 0.05) is 5.56 Å². The second kappa shape index (κ2) is 15.6. The van der Waals surface area contributed by atoms with Gasteiger partial charge in [-0.15, -0.1) is 0 Å². The van der Waals surface area contributed by atoms with E-state index in [-0.39, 0.29) is 27.9 Å². The topological polar surface area (TPSA) is 124 Å². The van der Waals surface area contributed by atoms with Crippen LogP contribution in [-0.4, -0.2) is 54.7 Å². The van der Waals surface area contributed by atoms with E-state index in [1.807, 2.05) is 0 Å². The highest BCUT2D eigenvalue weighted by atomic mass is 32.1. The van der Waals surface area contributed by atoms with Crippen LogP contribution in [0, 0.1) is 12.8 Å². The lowest BCUT2D eigenvalue weighted by Crippen LogP contribution is -2.29. The number of carbonyl (C=O) groups is 3. The van der Waals surface area contributed by atoms with Gasteiger partial charge in [-0.3, -0.25) is 14.5 Å². The first-order valence-electron chi connectivity index (χ1n) is 15.2. The van der Waals surface area contributed by atoms with E-state index in [4.69, 9.17) is 18.9 Å². The first-order valence-corrected chi connectivity index (χ1v) is 16.0. The van der Waals surface area contributed by atoms with Gasteiger partial charge in [0.1, 0.15) is 23.0 Å². The summed E-state index contributed by atoms with van der Waals surface area (Å²) in [5, 5.41) is 11.7. The number of anilines is 1. The summed E-state index contributed by atoms with van der Waals surface area (Å²) < 4.78 is 22.5. The third-order valence-electron chi connectivity index (χ3n) is 7.30. The molecule has 0 spiro atoms. The van der Waals surface area contributed by atoms with Crippen LogP contribution < -0.4 is 19.1 Å². The van der Waals surface area contributed by atoms with Crippen molar-refractivity contribution in [3.05, 3.63) is 82.4 Å². The summed E-state index contributed by atoms with van der Waals surface area (Å²) in [4.78, 5) is 46.0. The molecule has 1 amide bonds. The number of thiazole rings is 1. The standard InChI is InChI=1S/C35H40N2O8S/c1-7-9-18-43-25-13-10-23(11-14-25)30(38)28-29(24-12-15-26(27(20-24)42-6)44-19-16-21(3)4)37(33(40)31(28)39)35-36-22(5)32(46-35)34(41)45-17-8-2/h8,10-15,20-21,29,38H,2,7,9,16-19H2,1,3-6H3/t29-/m0/s1. The normalized spacial score (nSPS) is 15.7. The molecule has 4 rings (SSSR count). The van der Waals surface area contributed by atoms with Gasteiger partial charge in [0.05, 0.1) is 37.6 Å². The van der Waals surface area contributed by atoms with Gasteiger partial charge in [-0.25, -0.2) is 9.78 Å². The van der Waals surface area contributed by atoms with Crippen LogP contribution in [0.2, 0.25) is 0 Å². The van der Waals surface area contributed by atoms with Crippen LogP contribution in [-0.2, 0) is 14.3 Å². The molecule has 1 saturated heterocycles. The van der Waals surface area contributed by atoms with Crippen LogP contribution in [0.3, 0.4) is 0 Å². The van der Waals surface area contributed by atoms with E-state index in [0.717, 1.165) is 30.6 Å². The van der Waals surface area contributed by atoms with Gasteiger partial charge in [-0.1, -0.05) is 57.3 Å². The van der Waals surface area contributed by atoms with Crippen LogP contribution in [0.25, 0.3) is 5.76 Å². The first kappa shape index (κ1) is 34.2. The zero-order chi connectivity index (χ0) is 33.4. The highest BCUT2D eigenvalue weighted by molar-refractivity contribution is 7.17. The lowest BCUT2D eigenvalue weighted by Gasteiger charge is -2.24. The van der Waals surface area contributed by atoms with Crippen LogP contribution in [0.1, 0.15) is 72.6 Å². The number of esters is 1. The average molecular weight is 649 g/mol. The number of hydrogen-bond donors (Lipinski definition) is 1. The smallest absolute Gasteiger partial charge is 0.350 e. The van der Waals surface area contributed by atoms with Crippen molar-refractivity contribution in [1.29, 1.82) is 0 Å². The Morgan fingerprint density at radius 1 is 1.11 bits per heavy atom. The summed E-state index contributed by atoms with van der Waals surface area (Å²) >= 11 is 0.924. The van der Waals surface area contributed by atoms with Crippen molar-refractivity contribution < 1.29 is 38.4 Å². The van der Waals surface area contributed by atoms with Gasteiger partial charge >= 0.3 is 11.9 Å². The Morgan fingerprint density at radius 2 is 1.85 bits per heavy atom. The minimum absolute atomic E-state index is 0.00381. The Hall–Kier alpha value is -4.64. The Morgan fingerprint density at radius 3 is 2.50 bits per heavy atom. The van der Waals surface area contributed by atoms with E-state index < -0.39 is 23.7 Å². The molecule has 46 heavy (non-hydrogen) atoms. The predicted octanol–water partition coefficient (Wildman–Crippen LogP) is 7.03. The molecule has 0 radical (unpaired) electrons. The van der Waals surface area contributed by atoms with Crippen LogP contribution in [0.15, 0.2) is 60.7 Å². The number of aromatic nitrogens is 1. The fraction of sp³-hybridized carbons (Fsp3) is 0.371. The molecule has 3 aromatic rings. The molecule has 1 aromatic heterocycles. The molecule has 11 heteroatoms. The molecule has 1 aliphatic heterocycles. The maximum atomic E-state index is 13.7. The molecule has 0 unspecified atom stereocenters. The maximum absolute atomic E-state index is 13.7. The minimum atomic E-state index is -1.10. The molecule has 10 nitrogen and oxygen atoms in total. The van der Waals surface area contributed by atoms with Crippen molar-refractivity contribution in [3.63, 3.8) is 0 Å². The summed E-state index contributed by atoms with van der Waals surface area (Å²) in [5.41, 5.74) is 0.996. The zero-order valence-corrected chi connectivity index (χ0v) is 27.6. The molecule has 244 valence electrons. The highest BCUT2D eigenvalue weighted by Gasteiger charge is 2.48. The number of methoxy groups -OCH3 is 1. The third-order valence-corrected chi connectivity index (χ3v) is 8.44. The van der Waals surface area contributed by atoms with Gasteiger partial charge in [0.25, 0.3) is 5.78 Å². The Balaban J connectivity index is 1.82. The molecule has 2 aromatic carbocycles. The van der Waals surface area contributed by atoms with Crippen LogP contribution >= 0.6 is 11.3 Å². The number of unbranched alkanes of at least 4 members (excludes halogenated alkanes) is 1. The van der Waals surface area contributed by atoms with E-state index in [1.165, 1.54) is 18.1 Å². The summed E-state index contributed by atoms with van der Waals surface area (Å²) in [5.74, 6) is -0.824. The number of ketones is 1. The van der Waals surface area contributed by atoms with Crippen molar-refractivity contribution in [2.24, 2.45) is 5.92 Å². The average Bonchev–Trinajstić information content (AvgIpc) is 3.55. The fourth-order valence-electron chi connectivity index (χ4n) is 4.80. The minimum Gasteiger partial charge on any atom is -0.507 e. The summed E-state index contributed by atoms with van der Waals surface area (Å²) in [6.07, 6.45) is 4.18. The fourth-order valence-corrected chi connectivity index (χ4v) is 5.78. The Bertz CT molecular complexity index is 1610. The van der Waals surface area contributed by atoms with Crippen molar-refractivity contribution in [3.8, 4) is 17.2 Å². The molecule has 0 aliphatic carbocycles. The van der Waals surface area contributed by atoms with Crippen LogP contribution in [0.5, 0.6) is 17.2 Å². The number of hydrogen-bond acceptors (Lipinski definition) is 10. The Kier molecular flexibility index (Phi) is 11.6. The molecule has 2 heterocycles. The number of rotatable bonds is 15. The van der Waals surface area contributed by atoms with E-state index in [9.17, 15) is 19.5 Å². The number of ether oxygens (including phenoxy) is 4. The van der Waals surface area contributed by atoms with E-state index in [0.29, 0.717) is 53.2 Å². The number of Topliss-reactive ketones (excluding diaryl/α,β-unsaturated/α-hetero) is 1. The summed E-state index contributed by atoms with van der Waals surface area (Å²) in [6, 6.07) is 10.7. The predicted molar refractivity (Wildman–Crippen MR) is 177 cm³/mol. The third kappa shape index (κ3) is 7.59. The van der Waals surface area contributed by atoms with Crippen LogP contribution in [0.4, 0.5) is 5.13 Å². The van der Waals surface area contributed by atoms with Gasteiger partial charge in [-0.2, -0.15) is 0 Å². The van der Waals surface area contributed by atoms with Crippen molar-refractivity contribution in [2.45, 2.75) is 53.0 Å². The maximum Gasteiger partial charge on any atom is 0.350 e. The van der Waals surface area contributed by atoms with Crippen molar-refractivity contribution in [2.75, 3.05) is 31.8 Å². The molecular formula is C35H40N2O8S. The number of amides is 1. The lowest BCUT2D eigenvalue weighted by atomic mass is 9.95. The molecule has 1 aliphatic rings. The lowest BCUT2D eigenvalue weighted by molar-refractivity contribution is -0.132. The molecule has 1 fully saturated rings. The number of nitrogens with zero attached hydrogens (tertiary/aromatic N) is 2. The largest absolute Gasteiger partial charge is 0.507 e. The second-order valence-corrected chi connectivity index (χ2v) is 12.1. The van der Waals surface area contributed by atoms with Gasteiger partial charge < -0.3 is 24.1 Å². The second-order valence-electron chi connectivity index (χ2n) is 11.1. The summed E-state index contributed by atoms with van der Waals surface area (Å²) in [6.45, 7) is 12.5. The first-order chi connectivity index (χ1) is 22.1. The van der Waals surface area contributed by atoms with E-state index in [2.05, 4.69) is 32.3 Å². The van der Waals surface area contributed by atoms with Gasteiger partial charge in [0.2, 0.25) is 0 Å². The number of aliphatic hydroxyl groups is 1. The number of carbonyl (C=O) groups excluding carboxylic acids is 3. The van der Waals surface area contributed by atoms with E-state index >= 15 is 0 Å². The molecule has 1 N–H and O–H groups in total. The number of aryl methyl sites for hydroxylation is 1. The number of benzene rings is 2. The molecular weight excluding hydrogens is 608 g/mol. The van der Waals surface area contributed by atoms with Gasteiger partial charge in [-0.05, 0) is 67.6 Å². The Labute approximate surface area is 273 Å². The van der Waals surface area contributed by atoms with Crippen molar-refractivity contribution >= 4 is 39.9 Å². The molecule has 0 bridgehead atoms. The van der Waals surface area contributed by atoms with Gasteiger partial charge in [0.15, 0.2) is 16.6 Å². The SMILES string of the molecule is C=CCOC(=O)c1sc(N2C(=O)C(=O)C(=C(O)c3ccc(OCCCC)cc3)[C@@H]2c2ccc(OCCC(C)C)c(OC)c2)nc1C. The quantitative estimate of drug-likeness (QED) is 0.0462. The monoisotopic (exact) mass is 648 g/mol.